The number of para-hydroxylation sites is 1. The number of amides is 1. The summed E-state index contributed by atoms with van der Waals surface area (Å²) >= 11 is 5.36. The van der Waals surface area contributed by atoms with Crippen LogP contribution in [0, 0.1) is 5.92 Å². The Balaban J connectivity index is 1.69. The molecule has 0 saturated carbocycles. The Hall–Kier alpha value is -3.00. The standard InChI is InChI=1S/C21H23N3O4S/c1-4-27-15-7-5-6-14-17-16(21(2,28-18(14)15)24-20(29)23-17)19(25)22-12-8-10-13(26-3)11-9-12/h5-11,16-17H,4H2,1-3H3,(H,22,25)(H2,23,24,29)/t16-,17+,21+/m0/s1. The molecule has 3 atom stereocenters. The normalized spacial score (nSPS) is 24.3. The van der Waals surface area contributed by atoms with Crippen molar-refractivity contribution in [1.29, 1.82) is 0 Å². The minimum absolute atomic E-state index is 0.183. The van der Waals surface area contributed by atoms with Crippen LogP contribution in [0.25, 0.3) is 0 Å². The van der Waals surface area contributed by atoms with Gasteiger partial charge in [-0.05, 0) is 56.4 Å². The van der Waals surface area contributed by atoms with Gasteiger partial charge < -0.3 is 30.2 Å². The van der Waals surface area contributed by atoms with Gasteiger partial charge in [0.25, 0.3) is 0 Å². The van der Waals surface area contributed by atoms with E-state index < -0.39 is 11.6 Å². The van der Waals surface area contributed by atoms with Crippen molar-refractivity contribution in [2.75, 3.05) is 19.0 Å². The number of fused-ring (bicyclic) bond motifs is 4. The third-order valence-electron chi connectivity index (χ3n) is 5.17. The van der Waals surface area contributed by atoms with Gasteiger partial charge >= 0.3 is 0 Å². The van der Waals surface area contributed by atoms with Crippen molar-refractivity contribution < 1.29 is 19.0 Å². The third-order valence-corrected chi connectivity index (χ3v) is 5.39. The highest BCUT2D eigenvalue weighted by Gasteiger charge is 2.55. The Morgan fingerprint density at radius 3 is 2.72 bits per heavy atom. The Morgan fingerprint density at radius 1 is 1.28 bits per heavy atom. The van der Waals surface area contributed by atoms with Gasteiger partial charge in [-0.25, -0.2) is 0 Å². The maximum atomic E-state index is 13.3. The lowest BCUT2D eigenvalue weighted by Crippen LogP contribution is -2.70. The van der Waals surface area contributed by atoms with E-state index in [1.165, 1.54) is 0 Å². The molecule has 0 unspecified atom stereocenters. The average Bonchev–Trinajstić information content (AvgIpc) is 2.68. The molecule has 8 heteroatoms. The number of methoxy groups -OCH3 is 1. The molecule has 2 aliphatic heterocycles. The third kappa shape index (κ3) is 3.44. The molecule has 0 spiro atoms. The highest BCUT2D eigenvalue weighted by molar-refractivity contribution is 7.80. The molecule has 1 fully saturated rings. The summed E-state index contributed by atoms with van der Waals surface area (Å²) in [5, 5.41) is 9.78. The fraction of sp³-hybridized carbons (Fsp3) is 0.333. The maximum Gasteiger partial charge on any atom is 0.236 e. The van der Waals surface area contributed by atoms with E-state index in [-0.39, 0.29) is 11.9 Å². The summed E-state index contributed by atoms with van der Waals surface area (Å²) in [4.78, 5) is 13.3. The predicted octanol–water partition coefficient (Wildman–Crippen LogP) is 2.98. The molecule has 2 heterocycles. The van der Waals surface area contributed by atoms with E-state index in [0.29, 0.717) is 28.9 Å². The molecule has 29 heavy (non-hydrogen) atoms. The van der Waals surface area contributed by atoms with Crippen molar-refractivity contribution in [3.63, 3.8) is 0 Å². The minimum Gasteiger partial charge on any atom is -0.497 e. The molecule has 2 aromatic rings. The van der Waals surface area contributed by atoms with Gasteiger partial charge in [0, 0.05) is 11.3 Å². The van der Waals surface area contributed by atoms with E-state index in [4.69, 9.17) is 26.4 Å². The Labute approximate surface area is 174 Å². The second-order valence-electron chi connectivity index (χ2n) is 7.09. The molecule has 2 aromatic carbocycles. The number of nitrogens with one attached hydrogen (secondary N) is 3. The van der Waals surface area contributed by atoms with Crippen LogP contribution in [0.3, 0.4) is 0 Å². The number of anilines is 1. The molecular weight excluding hydrogens is 390 g/mol. The first-order chi connectivity index (χ1) is 13.9. The smallest absolute Gasteiger partial charge is 0.236 e. The lowest BCUT2D eigenvalue weighted by molar-refractivity contribution is -0.132. The first-order valence-electron chi connectivity index (χ1n) is 9.43. The Morgan fingerprint density at radius 2 is 2.03 bits per heavy atom. The zero-order valence-electron chi connectivity index (χ0n) is 16.4. The lowest BCUT2D eigenvalue weighted by Gasteiger charge is -2.50. The number of hydrogen-bond donors (Lipinski definition) is 3. The van der Waals surface area contributed by atoms with Crippen LogP contribution in [-0.2, 0) is 4.79 Å². The van der Waals surface area contributed by atoms with Gasteiger partial charge in [-0.15, -0.1) is 0 Å². The van der Waals surface area contributed by atoms with Gasteiger partial charge in [-0.3, -0.25) is 4.79 Å². The van der Waals surface area contributed by atoms with Gasteiger partial charge in [0.15, 0.2) is 22.3 Å². The van der Waals surface area contributed by atoms with Gasteiger partial charge in [0.1, 0.15) is 11.7 Å². The average molecular weight is 413 g/mol. The number of carbonyl (C=O) groups is 1. The summed E-state index contributed by atoms with van der Waals surface area (Å²) in [6, 6.07) is 12.5. The highest BCUT2D eigenvalue weighted by atomic mass is 32.1. The SMILES string of the molecule is CCOc1cccc2c1O[C@@]1(C)NC(=S)N[C@H]2[C@H]1C(=O)Nc1ccc(OC)cc1. The topological polar surface area (TPSA) is 80.9 Å². The number of hydrogen-bond acceptors (Lipinski definition) is 5. The summed E-state index contributed by atoms with van der Waals surface area (Å²) in [5.74, 6) is 1.24. The maximum absolute atomic E-state index is 13.3. The molecular formula is C21H23N3O4S. The highest BCUT2D eigenvalue weighted by Crippen LogP contribution is 2.48. The zero-order chi connectivity index (χ0) is 20.6. The summed E-state index contributed by atoms with van der Waals surface area (Å²) in [6.45, 7) is 4.26. The Kier molecular flexibility index (Phi) is 4.96. The largest absolute Gasteiger partial charge is 0.497 e. The van der Waals surface area contributed by atoms with Gasteiger partial charge in [-0.1, -0.05) is 12.1 Å². The van der Waals surface area contributed by atoms with Crippen LogP contribution < -0.4 is 30.2 Å². The molecule has 0 aliphatic carbocycles. The zero-order valence-corrected chi connectivity index (χ0v) is 17.3. The van der Waals surface area contributed by atoms with Crippen LogP contribution in [0.4, 0.5) is 5.69 Å². The van der Waals surface area contributed by atoms with E-state index in [1.54, 1.807) is 31.4 Å². The van der Waals surface area contributed by atoms with Crippen molar-refractivity contribution in [3.8, 4) is 17.2 Å². The fourth-order valence-corrected chi connectivity index (χ4v) is 4.22. The number of benzene rings is 2. The molecule has 7 nitrogen and oxygen atoms in total. The second-order valence-corrected chi connectivity index (χ2v) is 7.50. The molecule has 1 amide bonds. The van der Waals surface area contributed by atoms with E-state index >= 15 is 0 Å². The molecule has 2 bridgehead atoms. The number of thiocarbonyl (C=S) groups is 1. The summed E-state index contributed by atoms with van der Waals surface area (Å²) in [7, 11) is 1.60. The fourth-order valence-electron chi connectivity index (χ4n) is 3.89. The van der Waals surface area contributed by atoms with E-state index in [0.717, 1.165) is 11.3 Å². The quantitative estimate of drug-likeness (QED) is 0.650. The molecule has 3 N–H and O–H groups in total. The van der Waals surface area contributed by atoms with E-state index in [2.05, 4.69) is 16.0 Å². The van der Waals surface area contributed by atoms with Gasteiger partial charge in [0.05, 0.1) is 19.8 Å². The Bertz CT molecular complexity index is 949. The molecule has 0 aromatic heterocycles. The molecule has 2 aliphatic rings. The van der Waals surface area contributed by atoms with Crippen LogP contribution in [0.1, 0.15) is 25.5 Å². The molecule has 1 saturated heterocycles. The van der Waals surface area contributed by atoms with Crippen molar-refractivity contribution in [2.45, 2.75) is 25.6 Å². The lowest BCUT2D eigenvalue weighted by atomic mass is 9.79. The van der Waals surface area contributed by atoms with Crippen LogP contribution in [0.2, 0.25) is 0 Å². The van der Waals surface area contributed by atoms with Crippen LogP contribution in [-0.4, -0.2) is 30.5 Å². The van der Waals surface area contributed by atoms with E-state index in [1.807, 2.05) is 32.0 Å². The predicted molar refractivity (Wildman–Crippen MR) is 113 cm³/mol. The minimum atomic E-state index is -1.02. The summed E-state index contributed by atoms with van der Waals surface area (Å²) in [6.07, 6.45) is 0. The first-order valence-corrected chi connectivity index (χ1v) is 9.84. The summed E-state index contributed by atoms with van der Waals surface area (Å²) < 4.78 is 17.2. The number of carbonyl (C=O) groups excluding carboxylic acids is 1. The van der Waals surface area contributed by atoms with Crippen LogP contribution >= 0.6 is 12.2 Å². The first kappa shape index (κ1) is 19.3. The van der Waals surface area contributed by atoms with Crippen LogP contribution in [0.15, 0.2) is 42.5 Å². The van der Waals surface area contributed by atoms with Crippen molar-refractivity contribution in [1.82, 2.24) is 10.6 Å². The van der Waals surface area contributed by atoms with Crippen molar-refractivity contribution in [3.05, 3.63) is 48.0 Å². The second kappa shape index (κ2) is 7.44. The molecule has 0 radical (unpaired) electrons. The van der Waals surface area contributed by atoms with Crippen molar-refractivity contribution in [2.24, 2.45) is 5.92 Å². The number of rotatable bonds is 5. The van der Waals surface area contributed by atoms with Crippen molar-refractivity contribution >= 4 is 28.9 Å². The molecule has 4 rings (SSSR count). The molecule has 152 valence electrons. The number of ether oxygens (including phenoxy) is 3. The van der Waals surface area contributed by atoms with E-state index in [9.17, 15) is 4.79 Å². The van der Waals surface area contributed by atoms with Gasteiger partial charge in [-0.2, -0.15) is 0 Å². The monoisotopic (exact) mass is 413 g/mol. The van der Waals surface area contributed by atoms with Gasteiger partial charge in [0.2, 0.25) is 5.91 Å². The van der Waals surface area contributed by atoms with Crippen LogP contribution in [0.5, 0.6) is 17.2 Å². The summed E-state index contributed by atoms with van der Waals surface area (Å²) in [5.41, 5.74) is 0.491.